The van der Waals surface area contributed by atoms with E-state index < -0.39 is 5.82 Å². The molecule has 1 aromatic carbocycles. The van der Waals surface area contributed by atoms with E-state index >= 15 is 0 Å². The quantitative estimate of drug-likeness (QED) is 0.650. The van der Waals surface area contributed by atoms with Crippen LogP contribution in [0.25, 0.3) is 0 Å². The number of halogens is 1. The van der Waals surface area contributed by atoms with Crippen LogP contribution in [0.4, 0.5) is 4.39 Å². The normalized spacial score (nSPS) is 9.50. The highest BCUT2D eigenvalue weighted by atomic mass is 19.1. The molecule has 0 bridgehead atoms. The third kappa shape index (κ3) is 1.78. The molecule has 0 aliphatic carbocycles. The molecule has 0 N–H and O–H groups in total. The van der Waals surface area contributed by atoms with E-state index in [1.165, 1.54) is 19.2 Å². The van der Waals surface area contributed by atoms with E-state index in [1.807, 2.05) is 0 Å². The van der Waals surface area contributed by atoms with E-state index in [1.54, 1.807) is 6.07 Å². The first-order chi connectivity index (χ1) is 5.77. The molecule has 0 spiro atoms. The van der Waals surface area contributed by atoms with Crippen LogP contribution in [0.3, 0.4) is 0 Å². The van der Waals surface area contributed by atoms with Crippen molar-refractivity contribution in [1.29, 1.82) is 0 Å². The molecule has 0 atom stereocenters. The zero-order chi connectivity index (χ0) is 8.97. The average molecular weight is 169 g/mol. The molecule has 0 saturated carbocycles. The molecular weight excluding hydrogens is 161 g/mol. The fourth-order valence-electron chi connectivity index (χ4n) is 0.853. The van der Waals surface area contributed by atoms with Crippen LogP contribution >= 0.6 is 0 Å². The number of nitroso groups, excluding NO2 is 1. The van der Waals surface area contributed by atoms with Crippen LogP contribution in [-0.4, -0.2) is 7.11 Å². The highest BCUT2D eigenvalue weighted by Gasteiger charge is 2.02. The van der Waals surface area contributed by atoms with Crippen molar-refractivity contribution < 1.29 is 9.13 Å². The molecule has 64 valence electrons. The first-order valence-corrected chi connectivity index (χ1v) is 3.39. The van der Waals surface area contributed by atoms with Gasteiger partial charge in [0.05, 0.1) is 7.11 Å². The van der Waals surface area contributed by atoms with Crippen molar-refractivity contribution in [3.63, 3.8) is 0 Å². The predicted octanol–water partition coefficient (Wildman–Crippen LogP) is 2.10. The Kier molecular flexibility index (Phi) is 2.74. The van der Waals surface area contributed by atoms with E-state index in [0.29, 0.717) is 5.75 Å². The van der Waals surface area contributed by atoms with E-state index in [9.17, 15) is 9.30 Å². The molecule has 0 radical (unpaired) electrons. The summed E-state index contributed by atoms with van der Waals surface area (Å²) in [6, 6.07) is 4.29. The number of ether oxygens (including phenoxy) is 1. The van der Waals surface area contributed by atoms with E-state index in [0.717, 1.165) is 0 Å². The molecule has 4 heteroatoms. The van der Waals surface area contributed by atoms with Crippen LogP contribution in [-0.2, 0) is 6.54 Å². The average Bonchev–Trinajstić information content (AvgIpc) is 2.09. The van der Waals surface area contributed by atoms with Crippen molar-refractivity contribution >= 4 is 0 Å². The van der Waals surface area contributed by atoms with E-state index in [4.69, 9.17) is 4.74 Å². The molecule has 0 saturated heterocycles. The van der Waals surface area contributed by atoms with Gasteiger partial charge >= 0.3 is 0 Å². The summed E-state index contributed by atoms with van der Waals surface area (Å²) in [7, 11) is 1.45. The molecule has 3 nitrogen and oxygen atoms in total. The van der Waals surface area contributed by atoms with Gasteiger partial charge in [-0.05, 0) is 6.07 Å². The Morgan fingerprint density at radius 3 is 2.83 bits per heavy atom. The molecule has 0 aromatic heterocycles. The first-order valence-electron chi connectivity index (χ1n) is 3.39. The van der Waals surface area contributed by atoms with Gasteiger partial charge in [-0.25, -0.2) is 4.39 Å². The Hall–Kier alpha value is -1.45. The zero-order valence-corrected chi connectivity index (χ0v) is 6.58. The number of rotatable bonds is 3. The summed E-state index contributed by atoms with van der Waals surface area (Å²) in [5, 5.41) is 2.59. The molecule has 0 aliphatic heterocycles. The minimum atomic E-state index is -0.464. The second-order valence-corrected chi connectivity index (χ2v) is 2.24. The van der Waals surface area contributed by atoms with Gasteiger partial charge in [-0.15, -0.1) is 0 Å². The first kappa shape index (κ1) is 8.64. The summed E-state index contributed by atoms with van der Waals surface area (Å²) in [4.78, 5) is 9.83. The molecule has 0 fully saturated rings. The molecule has 0 aliphatic rings. The molecule has 1 aromatic rings. The van der Waals surface area contributed by atoms with Crippen molar-refractivity contribution in [2.75, 3.05) is 7.11 Å². The van der Waals surface area contributed by atoms with Crippen molar-refractivity contribution in [2.24, 2.45) is 5.18 Å². The largest absolute Gasteiger partial charge is 0.497 e. The number of hydrogen-bond acceptors (Lipinski definition) is 3. The van der Waals surface area contributed by atoms with Gasteiger partial charge in [0, 0.05) is 11.6 Å². The van der Waals surface area contributed by atoms with Crippen molar-refractivity contribution in [3.05, 3.63) is 34.5 Å². The van der Waals surface area contributed by atoms with Crippen LogP contribution in [0.5, 0.6) is 5.75 Å². The lowest BCUT2D eigenvalue weighted by atomic mass is 10.2. The third-order valence-corrected chi connectivity index (χ3v) is 1.50. The Morgan fingerprint density at radius 1 is 1.58 bits per heavy atom. The van der Waals surface area contributed by atoms with Crippen molar-refractivity contribution in [3.8, 4) is 5.75 Å². The highest BCUT2D eigenvalue weighted by molar-refractivity contribution is 5.28. The number of methoxy groups -OCH3 is 1. The minimum absolute atomic E-state index is 0.143. The maximum absolute atomic E-state index is 12.9. The maximum Gasteiger partial charge on any atom is 0.132 e. The molecule has 0 amide bonds. The van der Waals surface area contributed by atoms with Gasteiger partial charge in [-0.3, -0.25) is 0 Å². The van der Waals surface area contributed by atoms with Gasteiger partial charge in [0.1, 0.15) is 18.1 Å². The minimum Gasteiger partial charge on any atom is -0.497 e. The van der Waals surface area contributed by atoms with Gasteiger partial charge in [0.15, 0.2) is 0 Å². The van der Waals surface area contributed by atoms with Crippen LogP contribution in [0.2, 0.25) is 0 Å². The molecule has 0 heterocycles. The molecular formula is C8H8FNO2. The maximum atomic E-state index is 12.9. The fraction of sp³-hybridized carbons (Fsp3) is 0.250. The summed E-state index contributed by atoms with van der Waals surface area (Å²) in [5.41, 5.74) is 0.283. The molecule has 0 unspecified atom stereocenters. The van der Waals surface area contributed by atoms with Gasteiger partial charge < -0.3 is 4.74 Å². The van der Waals surface area contributed by atoms with Crippen LogP contribution in [0.1, 0.15) is 5.56 Å². The van der Waals surface area contributed by atoms with Crippen molar-refractivity contribution in [2.45, 2.75) is 6.54 Å². The number of hydrogen-bond donors (Lipinski definition) is 0. The molecule has 12 heavy (non-hydrogen) atoms. The van der Waals surface area contributed by atoms with Crippen LogP contribution < -0.4 is 4.74 Å². The van der Waals surface area contributed by atoms with E-state index in [-0.39, 0.29) is 12.1 Å². The Bertz CT molecular complexity index is 288. The smallest absolute Gasteiger partial charge is 0.132 e. The summed E-state index contributed by atoms with van der Waals surface area (Å²) in [5.74, 6) is -0.0314. The second-order valence-electron chi connectivity index (χ2n) is 2.24. The van der Waals surface area contributed by atoms with E-state index in [2.05, 4.69) is 5.18 Å². The highest BCUT2D eigenvalue weighted by Crippen LogP contribution is 2.16. The topological polar surface area (TPSA) is 38.7 Å². The molecule has 1 rings (SSSR count). The number of benzene rings is 1. The third-order valence-electron chi connectivity index (χ3n) is 1.50. The lowest BCUT2D eigenvalue weighted by Crippen LogP contribution is -1.90. The lowest BCUT2D eigenvalue weighted by molar-refractivity contribution is 0.410. The monoisotopic (exact) mass is 169 g/mol. The fourth-order valence-corrected chi connectivity index (χ4v) is 0.853. The number of nitrogens with zero attached hydrogens (tertiary/aromatic N) is 1. The summed E-state index contributed by atoms with van der Waals surface area (Å²) < 4.78 is 17.7. The Balaban J connectivity index is 2.94. The Labute approximate surface area is 69.1 Å². The second kappa shape index (κ2) is 3.80. The van der Waals surface area contributed by atoms with Gasteiger partial charge in [-0.2, -0.15) is 4.91 Å². The SMILES string of the molecule is COc1ccc(CN=O)c(F)c1. The summed E-state index contributed by atoms with van der Waals surface area (Å²) >= 11 is 0. The van der Waals surface area contributed by atoms with Crippen LogP contribution in [0.15, 0.2) is 23.4 Å². The van der Waals surface area contributed by atoms with Gasteiger partial charge in [0.2, 0.25) is 0 Å². The van der Waals surface area contributed by atoms with Crippen molar-refractivity contribution in [1.82, 2.24) is 0 Å². The van der Waals surface area contributed by atoms with Gasteiger partial charge in [0.25, 0.3) is 0 Å². The zero-order valence-electron chi connectivity index (χ0n) is 6.58. The Morgan fingerprint density at radius 2 is 2.33 bits per heavy atom. The predicted molar refractivity (Wildman–Crippen MR) is 42.5 cm³/mol. The summed E-state index contributed by atoms with van der Waals surface area (Å²) in [6.07, 6.45) is 0. The summed E-state index contributed by atoms with van der Waals surface area (Å²) in [6.45, 7) is -0.143. The van der Waals surface area contributed by atoms with Gasteiger partial charge in [-0.1, -0.05) is 11.2 Å². The lowest BCUT2D eigenvalue weighted by Gasteiger charge is -2.01. The van der Waals surface area contributed by atoms with Crippen LogP contribution in [0, 0.1) is 10.7 Å². The standard InChI is InChI=1S/C8H8FNO2/c1-12-7-3-2-6(5-10-11)8(9)4-7/h2-4H,5H2,1H3.